The van der Waals surface area contributed by atoms with Gasteiger partial charge in [-0.1, -0.05) is 102 Å². The molecule has 4 aliphatic rings. The molecule has 3 aliphatic carbocycles. The maximum absolute atomic E-state index is 15.2. The first-order chi connectivity index (χ1) is 29.3. The van der Waals surface area contributed by atoms with Crippen molar-refractivity contribution < 1.29 is 43.3 Å². The Hall–Kier alpha value is -4.98. The number of carbonyl (C=O) groups is 6. The van der Waals surface area contributed by atoms with E-state index < -0.39 is 71.9 Å². The van der Waals surface area contributed by atoms with Crippen LogP contribution in [0.5, 0.6) is 0 Å². The predicted octanol–water partition coefficient (Wildman–Crippen LogP) is 6.01. The number of carboxylic acids is 1. The fourth-order valence-electron chi connectivity index (χ4n) is 10.9. The normalized spacial score (nSPS) is 21.0. The van der Waals surface area contributed by atoms with Gasteiger partial charge in [0.2, 0.25) is 23.6 Å². The minimum Gasteiger partial charge on any atom is -0.481 e. The number of likely N-dealkylation sites (N-methyl/N-ethyl adjacent to an activating group) is 4. The number of rotatable bonds is 16. The van der Waals surface area contributed by atoms with Crippen molar-refractivity contribution in [2.75, 3.05) is 48.4 Å². The molecule has 1 aliphatic heterocycles. The van der Waals surface area contributed by atoms with Crippen LogP contribution in [0, 0.1) is 11.3 Å². The van der Waals surface area contributed by atoms with Crippen LogP contribution in [0.3, 0.4) is 0 Å². The highest BCUT2D eigenvalue weighted by Crippen LogP contribution is 2.53. The standard InChI is InChI=1S/C48H67N5O9/c1-10-30(11-2)41(44(58)50(7)38(25-40(54)55)42(56)49(5)6)51(8)45(59)48(28-47(3,4)29-48)52(9)43(57)39-24-32(62-31-18-12-13-19-31)26-53(39)46(60)61-27-37-35-22-16-14-20-33(35)34-21-15-17-23-36(34)37/h14-17,20-23,30-32,37-39,41H,10-13,18-19,24-29H2,1-9H3,(H,54,55)/t32-,38?,39+,41?/m1/s1. The summed E-state index contributed by atoms with van der Waals surface area (Å²) in [5.41, 5.74) is 2.69. The molecule has 0 radical (unpaired) electrons. The summed E-state index contributed by atoms with van der Waals surface area (Å²) in [7, 11) is 7.58. The first kappa shape index (κ1) is 46.5. The van der Waals surface area contributed by atoms with Crippen molar-refractivity contribution in [2.24, 2.45) is 11.3 Å². The quantitative estimate of drug-likeness (QED) is 0.214. The highest BCUT2D eigenvalue weighted by molar-refractivity contribution is 5.98. The van der Waals surface area contributed by atoms with Gasteiger partial charge in [-0.05, 0) is 59.3 Å². The number of carboxylic acid groups (broad SMARTS) is 1. The van der Waals surface area contributed by atoms with Crippen LogP contribution in [0.25, 0.3) is 11.1 Å². The lowest BCUT2D eigenvalue weighted by Crippen LogP contribution is -2.71. The number of carbonyl (C=O) groups excluding carboxylic acids is 5. The van der Waals surface area contributed by atoms with E-state index in [1.54, 1.807) is 14.1 Å². The van der Waals surface area contributed by atoms with Gasteiger partial charge >= 0.3 is 12.1 Å². The van der Waals surface area contributed by atoms with Crippen LogP contribution in [-0.4, -0.2) is 150 Å². The number of ether oxygens (including phenoxy) is 2. The number of benzene rings is 2. The Morgan fingerprint density at radius 1 is 0.806 bits per heavy atom. The Labute approximate surface area is 366 Å². The van der Waals surface area contributed by atoms with E-state index in [4.69, 9.17) is 9.47 Å². The largest absolute Gasteiger partial charge is 0.481 e. The molecule has 0 aromatic heterocycles. The molecule has 0 bridgehead atoms. The monoisotopic (exact) mass is 857 g/mol. The van der Waals surface area contributed by atoms with Gasteiger partial charge in [0.15, 0.2) is 0 Å². The average Bonchev–Trinajstić information content (AvgIpc) is 3.99. The van der Waals surface area contributed by atoms with E-state index in [-0.39, 0.29) is 42.9 Å². The van der Waals surface area contributed by atoms with Gasteiger partial charge in [0.1, 0.15) is 30.3 Å². The van der Waals surface area contributed by atoms with Crippen molar-refractivity contribution in [1.82, 2.24) is 24.5 Å². The zero-order valence-electron chi connectivity index (χ0n) is 38.1. The van der Waals surface area contributed by atoms with Crippen LogP contribution in [0.1, 0.15) is 109 Å². The number of fused-ring (bicyclic) bond motifs is 3. The molecule has 5 amide bonds. The summed E-state index contributed by atoms with van der Waals surface area (Å²) in [6.07, 6.45) is 4.32. The average molecular weight is 858 g/mol. The first-order valence-corrected chi connectivity index (χ1v) is 22.4. The number of amides is 5. The molecule has 1 saturated heterocycles. The van der Waals surface area contributed by atoms with Crippen molar-refractivity contribution >= 4 is 35.7 Å². The van der Waals surface area contributed by atoms with Crippen molar-refractivity contribution in [3.63, 3.8) is 0 Å². The summed E-state index contributed by atoms with van der Waals surface area (Å²) < 4.78 is 12.7. The van der Waals surface area contributed by atoms with Crippen molar-refractivity contribution in [3.05, 3.63) is 59.7 Å². The van der Waals surface area contributed by atoms with Gasteiger partial charge in [-0.25, -0.2) is 4.79 Å². The third-order valence-electron chi connectivity index (χ3n) is 14.1. The number of hydrogen-bond donors (Lipinski definition) is 1. The Balaban J connectivity index is 1.27. The predicted molar refractivity (Wildman–Crippen MR) is 234 cm³/mol. The molecule has 2 aromatic carbocycles. The zero-order valence-corrected chi connectivity index (χ0v) is 38.1. The lowest BCUT2D eigenvalue weighted by molar-refractivity contribution is -0.174. The van der Waals surface area contributed by atoms with E-state index in [2.05, 4.69) is 24.3 Å². The van der Waals surface area contributed by atoms with Crippen LogP contribution in [-0.2, 0) is 33.4 Å². The maximum atomic E-state index is 15.2. The molecule has 14 nitrogen and oxygen atoms in total. The summed E-state index contributed by atoms with van der Waals surface area (Å²) in [6.45, 7) is 8.16. The molecular weight excluding hydrogens is 791 g/mol. The molecule has 62 heavy (non-hydrogen) atoms. The van der Waals surface area contributed by atoms with Gasteiger partial charge in [-0.2, -0.15) is 0 Å². The van der Waals surface area contributed by atoms with Gasteiger partial charge in [-0.15, -0.1) is 0 Å². The molecule has 2 unspecified atom stereocenters. The van der Waals surface area contributed by atoms with Crippen LogP contribution >= 0.6 is 0 Å². The lowest BCUT2D eigenvalue weighted by atomic mass is 9.57. The molecule has 4 atom stereocenters. The molecule has 14 heteroatoms. The van der Waals surface area contributed by atoms with Crippen LogP contribution in [0.2, 0.25) is 0 Å². The third-order valence-corrected chi connectivity index (χ3v) is 14.1. The molecule has 1 N–H and O–H groups in total. The number of nitrogens with zero attached hydrogens (tertiary/aromatic N) is 5. The molecule has 338 valence electrons. The molecule has 3 fully saturated rings. The van der Waals surface area contributed by atoms with Gasteiger partial charge in [0.05, 0.1) is 25.2 Å². The van der Waals surface area contributed by atoms with E-state index in [1.807, 2.05) is 52.0 Å². The second-order valence-corrected chi connectivity index (χ2v) is 19.1. The highest BCUT2D eigenvalue weighted by atomic mass is 16.6. The second kappa shape index (κ2) is 18.8. The summed E-state index contributed by atoms with van der Waals surface area (Å²) >= 11 is 0. The lowest BCUT2D eigenvalue weighted by Gasteiger charge is -2.58. The van der Waals surface area contributed by atoms with E-state index in [0.29, 0.717) is 25.7 Å². The number of likely N-dealkylation sites (tertiary alicyclic amines) is 1. The third kappa shape index (κ3) is 9.07. The van der Waals surface area contributed by atoms with Crippen LogP contribution in [0.15, 0.2) is 48.5 Å². The Morgan fingerprint density at radius 2 is 1.37 bits per heavy atom. The van der Waals surface area contributed by atoms with Crippen molar-refractivity contribution in [2.45, 2.75) is 134 Å². The highest BCUT2D eigenvalue weighted by Gasteiger charge is 2.61. The van der Waals surface area contributed by atoms with E-state index in [1.165, 1.54) is 40.7 Å². The number of aliphatic carboxylic acids is 1. The topological polar surface area (TPSA) is 157 Å². The van der Waals surface area contributed by atoms with Gasteiger partial charge in [-0.3, -0.25) is 28.9 Å². The molecule has 2 saturated carbocycles. The minimum absolute atomic E-state index is 0.0470. The molecule has 1 heterocycles. The summed E-state index contributed by atoms with van der Waals surface area (Å²) in [4.78, 5) is 91.1. The van der Waals surface area contributed by atoms with Gasteiger partial charge < -0.3 is 34.2 Å². The molecule has 0 spiro atoms. The fourth-order valence-corrected chi connectivity index (χ4v) is 10.9. The molecule has 2 aromatic rings. The Kier molecular flexibility index (Phi) is 14.1. The smallest absolute Gasteiger partial charge is 0.410 e. The van der Waals surface area contributed by atoms with E-state index in [9.17, 15) is 24.3 Å². The van der Waals surface area contributed by atoms with Crippen LogP contribution < -0.4 is 0 Å². The van der Waals surface area contributed by atoms with Gasteiger partial charge in [0.25, 0.3) is 0 Å². The molecule has 6 rings (SSSR count). The first-order valence-electron chi connectivity index (χ1n) is 22.4. The minimum atomic E-state index is -1.35. The van der Waals surface area contributed by atoms with Crippen molar-refractivity contribution in [1.29, 1.82) is 0 Å². The fraction of sp³-hybridized carbons (Fsp3) is 0.625. The van der Waals surface area contributed by atoms with Crippen LogP contribution in [0.4, 0.5) is 4.79 Å². The summed E-state index contributed by atoms with van der Waals surface area (Å²) in [6, 6.07) is 12.9. The molecular formula is C48H67N5O9. The summed E-state index contributed by atoms with van der Waals surface area (Å²) in [5.74, 6) is -3.68. The zero-order chi connectivity index (χ0) is 45.3. The summed E-state index contributed by atoms with van der Waals surface area (Å²) in [5, 5.41) is 9.72. The number of hydrogen-bond acceptors (Lipinski definition) is 8. The van der Waals surface area contributed by atoms with Crippen molar-refractivity contribution in [3.8, 4) is 11.1 Å². The Bertz CT molecular complexity index is 1960. The Morgan fingerprint density at radius 3 is 1.89 bits per heavy atom. The van der Waals surface area contributed by atoms with E-state index in [0.717, 1.165) is 52.8 Å². The van der Waals surface area contributed by atoms with E-state index >= 15 is 9.59 Å². The SMILES string of the molecule is CCC(CC)C(C(=O)N(C)C(CC(=O)O)C(=O)N(C)C)N(C)C(=O)C1(N(C)C(=O)[C@@H]2C[C@@H](OC3CCCC3)CN2C(=O)OCC2c3ccccc3-c3ccccc32)CC(C)(C)C1. The maximum Gasteiger partial charge on any atom is 0.410 e. The second-order valence-electron chi connectivity index (χ2n) is 19.1. The van der Waals surface area contributed by atoms with Gasteiger partial charge in [0, 0.05) is 47.6 Å².